The molecule has 18 heavy (non-hydrogen) atoms. The van der Waals surface area contributed by atoms with E-state index in [1.165, 1.54) is 0 Å². The van der Waals surface area contributed by atoms with Gasteiger partial charge in [0.25, 0.3) is 0 Å². The maximum atomic E-state index is 5.74. The summed E-state index contributed by atoms with van der Waals surface area (Å²) in [7, 11) is 1.92. The lowest BCUT2D eigenvalue weighted by molar-refractivity contribution is -0.0203. The highest BCUT2D eigenvalue weighted by Gasteiger charge is 2.31. The fraction of sp³-hybridized carbons (Fsp3) is 0.846. The van der Waals surface area contributed by atoms with Gasteiger partial charge in [0.05, 0.1) is 0 Å². The zero-order chi connectivity index (χ0) is 13.8. The van der Waals surface area contributed by atoms with E-state index in [2.05, 4.69) is 43.2 Å². The summed E-state index contributed by atoms with van der Waals surface area (Å²) in [6.45, 7) is 11.0. The fourth-order valence-corrected chi connectivity index (χ4v) is 1.70. The van der Waals surface area contributed by atoms with Crippen LogP contribution in [-0.2, 0) is 11.2 Å². The van der Waals surface area contributed by atoms with Crippen LogP contribution in [0.3, 0.4) is 0 Å². The first-order valence-electron chi connectivity index (χ1n) is 6.49. The normalized spacial score (nSPS) is 15.7. The number of nitrogens with zero attached hydrogens (tertiary/aromatic N) is 2. The van der Waals surface area contributed by atoms with Crippen LogP contribution in [0, 0.1) is 5.41 Å². The van der Waals surface area contributed by atoms with Crippen LogP contribution in [-0.4, -0.2) is 29.8 Å². The van der Waals surface area contributed by atoms with E-state index < -0.39 is 0 Å². The van der Waals surface area contributed by atoms with Gasteiger partial charge in [-0.05, 0) is 26.3 Å². The van der Waals surface area contributed by atoms with Crippen molar-refractivity contribution < 1.29 is 9.26 Å². The summed E-state index contributed by atoms with van der Waals surface area (Å²) in [5.74, 6) is 1.29. The van der Waals surface area contributed by atoms with E-state index in [1.807, 2.05) is 14.0 Å². The molecule has 0 aliphatic carbocycles. The number of nitrogens with one attached hydrogen (secondary N) is 1. The Balaban J connectivity index is 2.81. The quantitative estimate of drug-likeness (QED) is 0.845. The second-order valence-electron chi connectivity index (χ2n) is 5.64. The molecule has 1 N–H and O–H groups in total. The van der Waals surface area contributed by atoms with Gasteiger partial charge in [-0.3, -0.25) is 0 Å². The Morgan fingerprint density at radius 3 is 2.56 bits per heavy atom. The maximum Gasteiger partial charge on any atom is 0.228 e. The molecular weight excluding hydrogens is 230 g/mol. The van der Waals surface area contributed by atoms with Gasteiger partial charge in [-0.1, -0.05) is 25.9 Å². The first-order valence-corrected chi connectivity index (χ1v) is 6.49. The number of hydrogen-bond donors (Lipinski definition) is 1. The van der Waals surface area contributed by atoms with Gasteiger partial charge in [-0.2, -0.15) is 4.98 Å². The van der Waals surface area contributed by atoms with E-state index in [1.54, 1.807) is 0 Å². The number of aromatic nitrogens is 2. The Morgan fingerprint density at radius 1 is 1.39 bits per heavy atom. The average molecular weight is 255 g/mol. The molecule has 1 aromatic heterocycles. The van der Waals surface area contributed by atoms with Crippen molar-refractivity contribution in [1.29, 1.82) is 0 Å². The zero-order valence-electron chi connectivity index (χ0n) is 12.3. The van der Waals surface area contributed by atoms with Crippen LogP contribution >= 0.6 is 0 Å². The molecule has 0 aliphatic rings. The molecule has 1 aromatic rings. The summed E-state index contributed by atoms with van der Waals surface area (Å²) < 4.78 is 11.0. The van der Waals surface area contributed by atoms with Gasteiger partial charge >= 0.3 is 0 Å². The van der Waals surface area contributed by atoms with Crippen LogP contribution in [0.5, 0.6) is 0 Å². The number of rotatable bonds is 6. The molecule has 0 aromatic carbocycles. The van der Waals surface area contributed by atoms with E-state index >= 15 is 0 Å². The average Bonchev–Trinajstić information content (AvgIpc) is 2.72. The minimum absolute atomic E-state index is 0.0498. The molecular formula is C13H25N3O2. The Labute approximate surface area is 109 Å². The second kappa shape index (κ2) is 6.29. The first kappa shape index (κ1) is 15.1. The van der Waals surface area contributed by atoms with E-state index in [0.717, 1.165) is 6.42 Å². The highest BCUT2D eigenvalue weighted by atomic mass is 16.5. The number of ether oxygens (including phenoxy) is 1. The standard InChI is InChI=1S/C13H25N3O2/c1-7-17-11(13(3,4)5)12-15-10(18-16-12)8-9(2)14-6/h9,11,14H,7-8H2,1-6H3. The molecule has 2 atom stereocenters. The van der Waals surface area contributed by atoms with Gasteiger partial charge in [0.1, 0.15) is 6.10 Å². The minimum Gasteiger partial charge on any atom is -0.370 e. The first-order chi connectivity index (χ1) is 8.38. The highest BCUT2D eigenvalue weighted by molar-refractivity contribution is 4.97. The highest BCUT2D eigenvalue weighted by Crippen LogP contribution is 2.34. The van der Waals surface area contributed by atoms with Gasteiger partial charge in [0, 0.05) is 19.1 Å². The maximum absolute atomic E-state index is 5.74. The van der Waals surface area contributed by atoms with Crippen molar-refractivity contribution in [3.05, 3.63) is 11.7 Å². The molecule has 104 valence electrons. The Bertz CT molecular complexity index is 357. The van der Waals surface area contributed by atoms with Gasteiger partial charge in [0.2, 0.25) is 11.7 Å². The molecule has 1 rings (SSSR count). The monoisotopic (exact) mass is 255 g/mol. The van der Waals surface area contributed by atoms with Crippen LogP contribution in [0.2, 0.25) is 0 Å². The van der Waals surface area contributed by atoms with Crippen LogP contribution < -0.4 is 5.32 Å². The second-order valence-corrected chi connectivity index (χ2v) is 5.64. The largest absolute Gasteiger partial charge is 0.370 e. The Hall–Kier alpha value is -0.940. The van der Waals surface area contributed by atoms with Gasteiger partial charge < -0.3 is 14.6 Å². The summed E-state index contributed by atoms with van der Waals surface area (Å²) in [5, 5.41) is 7.20. The third-order valence-electron chi connectivity index (χ3n) is 2.81. The smallest absolute Gasteiger partial charge is 0.228 e. The summed E-state index contributed by atoms with van der Waals surface area (Å²) >= 11 is 0. The van der Waals surface area contributed by atoms with E-state index in [0.29, 0.717) is 24.4 Å². The van der Waals surface area contributed by atoms with Crippen molar-refractivity contribution in [3.8, 4) is 0 Å². The van der Waals surface area contributed by atoms with Crippen LogP contribution in [0.15, 0.2) is 4.52 Å². The van der Waals surface area contributed by atoms with Gasteiger partial charge in [-0.25, -0.2) is 0 Å². The molecule has 2 unspecified atom stereocenters. The van der Waals surface area contributed by atoms with Crippen LogP contribution in [0.25, 0.3) is 0 Å². The minimum atomic E-state index is -0.134. The van der Waals surface area contributed by atoms with Crippen molar-refractivity contribution in [2.75, 3.05) is 13.7 Å². The summed E-state index contributed by atoms with van der Waals surface area (Å²) in [6.07, 6.45) is 0.594. The molecule has 0 bridgehead atoms. The summed E-state index contributed by atoms with van der Waals surface area (Å²) in [5.41, 5.74) is -0.0498. The van der Waals surface area contributed by atoms with Crippen molar-refractivity contribution in [3.63, 3.8) is 0 Å². The molecule has 5 nitrogen and oxygen atoms in total. The Morgan fingerprint density at radius 2 is 2.06 bits per heavy atom. The van der Waals surface area contributed by atoms with E-state index in [-0.39, 0.29) is 11.5 Å². The molecule has 0 saturated carbocycles. The lowest BCUT2D eigenvalue weighted by Crippen LogP contribution is -2.24. The molecule has 0 amide bonds. The molecule has 0 saturated heterocycles. The molecule has 0 spiro atoms. The topological polar surface area (TPSA) is 60.2 Å². The van der Waals surface area contributed by atoms with Crippen molar-refractivity contribution in [2.45, 2.75) is 53.2 Å². The molecule has 0 fully saturated rings. The van der Waals surface area contributed by atoms with E-state index in [4.69, 9.17) is 9.26 Å². The van der Waals surface area contributed by atoms with E-state index in [9.17, 15) is 0 Å². The predicted octanol–water partition coefficient (Wildman–Crippen LogP) is 2.34. The van der Waals surface area contributed by atoms with Gasteiger partial charge in [0.15, 0.2) is 0 Å². The predicted molar refractivity (Wildman–Crippen MR) is 70.3 cm³/mol. The van der Waals surface area contributed by atoms with Crippen molar-refractivity contribution in [2.24, 2.45) is 5.41 Å². The SMILES string of the molecule is CCOC(c1noc(CC(C)NC)n1)C(C)(C)C. The molecule has 1 heterocycles. The van der Waals surface area contributed by atoms with Crippen LogP contribution in [0.1, 0.15) is 52.4 Å². The lowest BCUT2D eigenvalue weighted by Gasteiger charge is -2.27. The van der Waals surface area contributed by atoms with Gasteiger partial charge in [-0.15, -0.1) is 0 Å². The number of likely N-dealkylation sites (N-methyl/N-ethyl adjacent to an activating group) is 1. The van der Waals surface area contributed by atoms with Crippen molar-refractivity contribution in [1.82, 2.24) is 15.5 Å². The van der Waals surface area contributed by atoms with Crippen LogP contribution in [0.4, 0.5) is 0 Å². The molecule has 0 aliphatic heterocycles. The third-order valence-corrected chi connectivity index (χ3v) is 2.81. The van der Waals surface area contributed by atoms with Crippen molar-refractivity contribution >= 4 is 0 Å². The molecule has 0 radical (unpaired) electrons. The third kappa shape index (κ3) is 4.07. The fourth-order valence-electron chi connectivity index (χ4n) is 1.70. The number of hydrogen-bond acceptors (Lipinski definition) is 5. The summed E-state index contributed by atoms with van der Waals surface area (Å²) in [4.78, 5) is 4.44. The lowest BCUT2D eigenvalue weighted by atomic mass is 9.88. The zero-order valence-corrected chi connectivity index (χ0v) is 12.3. The summed E-state index contributed by atoms with van der Waals surface area (Å²) in [6, 6.07) is 0.318. The Kier molecular flexibility index (Phi) is 5.28. The molecule has 5 heteroatoms.